The van der Waals surface area contributed by atoms with Crippen LogP contribution in [0.2, 0.25) is 0 Å². The molecule has 1 aromatic rings. The van der Waals surface area contributed by atoms with Gasteiger partial charge in [0.15, 0.2) is 0 Å². The minimum absolute atomic E-state index is 0.623. The number of aromatic nitrogens is 1. The van der Waals surface area contributed by atoms with E-state index in [0.717, 1.165) is 12.1 Å². The molecule has 0 spiro atoms. The summed E-state index contributed by atoms with van der Waals surface area (Å²) in [5.41, 5.74) is 7.89. The lowest BCUT2D eigenvalue weighted by Gasteiger charge is -2.05. The molecular formula is C8H13N3. The van der Waals surface area contributed by atoms with Crippen molar-refractivity contribution in [1.29, 1.82) is 0 Å². The van der Waals surface area contributed by atoms with E-state index < -0.39 is 0 Å². The normalized spacial score (nSPS) is 10.0. The molecule has 1 heterocycles. The van der Waals surface area contributed by atoms with E-state index in [1.807, 2.05) is 20.0 Å². The molecule has 3 N–H and O–H groups in total. The van der Waals surface area contributed by atoms with Gasteiger partial charge in [-0.05, 0) is 31.2 Å². The predicted octanol–water partition coefficient (Wildman–Crippen LogP) is 0.692. The second kappa shape index (κ2) is 3.34. The second-order valence-electron chi connectivity index (χ2n) is 2.51. The first-order valence-electron chi connectivity index (χ1n) is 3.60. The maximum Gasteiger partial charge on any atom is 0.126 e. The van der Waals surface area contributed by atoms with Crippen molar-refractivity contribution in [1.82, 2.24) is 10.3 Å². The Kier molecular flexibility index (Phi) is 2.44. The fraction of sp³-hybridized carbons (Fsp3) is 0.375. The quantitative estimate of drug-likeness (QED) is 0.654. The first-order chi connectivity index (χ1) is 5.25. The molecule has 0 atom stereocenters. The van der Waals surface area contributed by atoms with Gasteiger partial charge < -0.3 is 11.1 Å². The smallest absolute Gasteiger partial charge is 0.126 e. The number of nitrogen functional groups attached to an aromatic ring is 1. The third-order valence-electron chi connectivity index (χ3n) is 1.72. The first kappa shape index (κ1) is 8.01. The molecular weight excluding hydrogens is 138 g/mol. The van der Waals surface area contributed by atoms with Crippen molar-refractivity contribution < 1.29 is 0 Å². The van der Waals surface area contributed by atoms with E-state index in [1.54, 1.807) is 6.20 Å². The third kappa shape index (κ3) is 1.68. The highest BCUT2D eigenvalue weighted by molar-refractivity contribution is 5.42. The molecule has 3 heteroatoms. The largest absolute Gasteiger partial charge is 0.383 e. The van der Waals surface area contributed by atoms with Gasteiger partial charge in [0.25, 0.3) is 0 Å². The van der Waals surface area contributed by atoms with Crippen molar-refractivity contribution in [2.24, 2.45) is 0 Å². The minimum Gasteiger partial charge on any atom is -0.383 e. The lowest BCUT2D eigenvalue weighted by atomic mass is 10.1. The lowest BCUT2D eigenvalue weighted by Crippen LogP contribution is -2.08. The van der Waals surface area contributed by atoms with Crippen LogP contribution in [0.4, 0.5) is 5.82 Å². The van der Waals surface area contributed by atoms with Gasteiger partial charge in [0.1, 0.15) is 5.82 Å². The van der Waals surface area contributed by atoms with Crippen molar-refractivity contribution in [2.45, 2.75) is 13.5 Å². The van der Waals surface area contributed by atoms with Crippen LogP contribution in [-0.4, -0.2) is 12.0 Å². The van der Waals surface area contributed by atoms with Crippen molar-refractivity contribution in [2.75, 3.05) is 12.8 Å². The van der Waals surface area contributed by atoms with E-state index in [4.69, 9.17) is 5.73 Å². The number of anilines is 1. The maximum absolute atomic E-state index is 5.61. The fourth-order valence-electron chi connectivity index (χ4n) is 0.976. The van der Waals surface area contributed by atoms with Crippen molar-refractivity contribution in [3.8, 4) is 0 Å². The van der Waals surface area contributed by atoms with Crippen molar-refractivity contribution >= 4 is 5.82 Å². The molecule has 60 valence electrons. The number of nitrogens with zero attached hydrogens (tertiary/aromatic N) is 1. The average Bonchev–Trinajstić information content (AvgIpc) is 1.99. The Balaban J connectivity index is 2.96. The highest BCUT2D eigenvalue weighted by Gasteiger charge is 1.99. The van der Waals surface area contributed by atoms with E-state index >= 15 is 0 Å². The van der Waals surface area contributed by atoms with Crippen LogP contribution in [-0.2, 0) is 6.54 Å². The molecule has 0 aliphatic rings. The van der Waals surface area contributed by atoms with Crippen LogP contribution in [0, 0.1) is 6.92 Å². The van der Waals surface area contributed by atoms with Gasteiger partial charge >= 0.3 is 0 Å². The van der Waals surface area contributed by atoms with E-state index in [1.165, 1.54) is 5.56 Å². The van der Waals surface area contributed by atoms with Gasteiger partial charge in [-0.1, -0.05) is 0 Å². The monoisotopic (exact) mass is 151 g/mol. The molecule has 0 bridgehead atoms. The van der Waals surface area contributed by atoms with Crippen LogP contribution < -0.4 is 11.1 Å². The van der Waals surface area contributed by atoms with Crippen LogP contribution in [0.15, 0.2) is 12.3 Å². The van der Waals surface area contributed by atoms with Gasteiger partial charge in [0.2, 0.25) is 0 Å². The summed E-state index contributed by atoms with van der Waals surface area (Å²) in [6.45, 7) is 2.83. The molecule has 11 heavy (non-hydrogen) atoms. The molecule has 0 fully saturated rings. The Hall–Kier alpha value is -1.09. The molecule has 0 aliphatic carbocycles. The number of nitrogens with one attached hydrogen (secondary N) is 1. The molecule has 3 nitrogen and oxygen atoms in total. The van der Waals surface area contributed by atoms with Gasteiger partial charge in [-0.3, -0.25) is 0 Å². The standard InChI is InChI=1S/C8H13N3/c1-6-7(5-10-2)3-4-11-8(6)9/h3-4,10H,5H2,1-2H3,(H2,9,11). The van der Waals surface area contributed by atoms with E-state index in [2.05, 4.69) is 10.3 Å². The number of hydrogen-bond acceptors (Lipinski definition) is 3. The predicted molar refractivity (Wildman–Crippen MR) is 46.2 cm³/mol. The second-order valence-corrected chi connectivity index (χ2v) is 2.51. The summed E-state index contributed by atoms with van der Waals surface area (Å²) in [6.07, 6.45) is 1.73. The van der Waals surface area contributed by atoms with E-state index in [0.29, 0.717) is 5.82 Å². The van der Waals surface area contributed by atoms with Crippen LogP contribution in [0.5, 0.6) is 0 Å². The fourth-order valence-corrected chi connectivity index (χ4v) is 0.976. The van der Waals surface area contributed by atoms with Crippen molar-refractivity contribution in [3.05, 3.63) is 23.4 Å². The molecule has 0 aliphatic heterocycles. The topological polar surface area (TPSA) is 50.9 Å². The average molecular weight is 151 g/mol. The van der Waals surface area contributed by atoms with Gasteiger partial charge in [-0.15, -0.1) is 0 Å². The van der Waals surface area contributed by atoms with Gasteiger partial charge in [0, 0.05) is 12.7 Å². The Labute approximate surface area is 66.6 Å². The molecule has 0 saturated carbocycles. The number of hydrogen-bond donors (Lipinski definition) is 2. The van der Waals surface area contributed by atoms with Crippen LogP contribution in [0.25, 0.3) is 0 Å². The summed E-state index contributed by atoms with van der Waals surface area (Å²) in [7, 11) is 1.91. The number of nitrogens with two attached hydrogens (primary N) is 1. The zero-order valence-electron chi connectivity index (χ0n) is 6.89. The SMILES string of the molecule is CNCc1ccnc(N)c1C. The summed E-state index contributed by atoms with van der Waals surface area (Å²) in [5, 5.41) is 3.07. The van der Waals surface area contributed by atoms with E-state index in [-0.39, 0.29) is 0 Å². The Morgan fingerprint density at radius 1 is 1.64 bits per heavy atom. The third-order valence-corrected chi connectivity index (χ3v) is 1.72. The van der Waals surface area contributed by atoms with Gasteiger partial charge in [-0.25, -0.2) is 4.98 Å². The highest BCUT2D eigenvalue weighted by atomic mass is 14.8. The van der Waals surface area contributed by atoms with Crippen LogP contribution in [0.1, 0.15) is 11.1 Å². The maximum atomic E-state index is 5.61. The van der Waals surface area contributed by atoms with Crippen LogP contribution >= 0.6 is 0 Å². The zero-order valence-corrected chi connectivity index (χ0v) is 6.89. The van der Waals surface area contributed by atoms with Gasteiger partial charge in [-0.2, -0.15) is 0 Å². The summed E-state index contributed by atoms with van der Waals surface area (Å²) < 4.78 is 0. The molecule has 1 rings (SSSR count). The molecule has 0 aromatic carbocycles. The summed E-state index contributed by atoms with van der Waals surface area (Å²) in [4.78, 5) is 3.97. The molecule has 1 aromatic heterocycles. The molecule has 0 amide bonds. The molecule has 0 radical (unpaired) electrons. The first-order valence-corrected chi connectivity index (χ1v) is 3.60. The zero-order chi connectivity index (χ0) is 8.27. The number of rotatable bonds is 2. The molecule has 0 saturated heterocycles. The van der Waals surface area contributed by atoms with Crippen molar-refractivity contribution in [3.63, 3.8) is 0 Å². The number of pyridine rings is 1. The highest BCUT2D eigenvalue weighted by Crippen LogP contribution is 2.11. The minimum atomic E-state index is 0.623. The van der Waals surface area contributed by atoms with E-state index in [9.17, 15) is 0 Å². The molecule has 0 unspecified atom stereocenters. The van der Waals surface area contributed by atoms with Gasteiger partial charge in [0.05, 0.1) is 0 Å². The summed E-state index contributed by atoms with van der Waals surface area (Å²) >= 11 is 0. The Bertz CT molecular complexity index is 245. The Morgan fingerprint density at radius 3 is 3.00 bits per heavy atom. The van der Waals surface area contributed by atoms with Crippen LogP contribution in [0.3, 0.4) is 0 Å². The lowest BCUT2D eigenvalue weighted by molar-refractivity contribution is 0.810. The Morgan fingerprint density at radius 2 is 2.36 bits per heavy atom. The summed E-state index contributed by atoms with van der Waals surface area (Å²) in [5.74, 6) is 0.623. The summed E-state index contributed by atoms with van der Waals surface area (Å²) in [6, 6.07) is 1.97.